The van der Waals surface area contributed by atoms with E-state index in [1.54, 1.807) is 20.5 Å². The average Bonchev–Trinajstić information content (AvgIpc) is 3.45. The third kappa shape index (κ3) is 3.77. The Kier molecular flexibility index (Phi) is 5.11. The zero-order chi connectivity index (χ0) is 21.5. The van der Waals surface area contributed by atoms with Gasteiger partial charge in [-0.25, -0.2) is 14.8 Å². The van der Waals surface area contributed by atoms with Gasteiger partial charge in [0.25, 0.3) is 0 Å². The molecule has 160 valence electrons. The van der Waals surface area contributed by atoms with Gasteiger partial charge in [0.15, 0.2) is 5.13 Å². The first-order valence-corrected chi connectivity index (χ1v) is 11.4. The van der Waals surface area contributed by atoms with E-state index >= 15 is 0 Å². The topological polar surface area (TPSA) is 68.0 Å². The Morgan fingerprint density at radius 2 is 1.97 bits per heavy atom. The molecule has 0 aliphatic carbocycles. The Morgan fingerprint density at radius 1 is 1.13 bits per heavy atom. The lowest BCUT2D eigenvalue weighted by Gasteiger charge is -2.24. The summed E-state index contributed by atoms with van der Waals surface area (Å²) in [5.74, 6) is 0.833. The van der Waals surface area contributed by atoms with Crippen LogP contribution < -0.4 is 11.0 Å². The molecule has 0 unspecified atom stereocenters. The number of fused-ring (bicyclic) bond motifs is 1. The lowest BCUT2D eigenvalue weighted by Crippen LogP contribution is -2.23. The number of hydrogen-bond acceptors (Lipinski definition) is 6. The maximum Gasteiger partial charge on any atom is 0.328 e. The molecular formula is C23H26N6OS. The summed E-state index contributed by atoms with van der Waals surface area (Å²) in [7, 11) is 3.65. The minimum atomic E-state index is 0.00939. The molecule has 1 atom stereocenters. The fraction of sp³-hybridized carbons (Fsp3) is 0.348. The van der Waals surface area contributed by atoms with Crippen molar-refractivity contribution in [2.45, 2.75) is 32.4 Å². The zero-order valence-electron chi connectivity index (χ0n) is 18.0. The van der Waals surface area contributed by atoms with Crippen molar-refractivity contribution in [2.75, 3.05) is 11.9 Å². The van der Waals surface area contributed by atoms with Crippen LogP contribution in [0.5, 0.6) is 0 Å². The average molecular weight is 435 g/mol. The molecule has 0 amide bonds. The quantitative estimate of drug-likeness (QED) is 0.512. The van der Waals surface area contributed by atoms with E-state index in [9.17, 15) is 4.79 Å². The molecule has 8 heteroatoms. The van der Waals surface area contributed by atoms with Gasteiger partial charge in [-0.2, -0.15) is 0 Å². The van der Waals surface area contributed by atoms with Gasteiger partial charge in [-0.3, -0.25) is 14.0 Å². The number of pyridine rings is 1. The highest BCUT2D eigenvalue weighted by atomic mass is 32.1. The molecule has 0 radical (unpaired) electrons. The summed E-state index contributed by atoms with van der Waals surface area (Å²) in [5, 5.41) is 6.23. The third-order valence-corrected chi connectivity index (χ3v) is 6.93. The molecule has 1 N–H and O–H groups in total. The van der Waals surface area contributed by atoms with Crippen molar-refractivity contribution in [3.63, 3.8) is 0 Å². The number of rotatable bonds is 5. The number of imidazole rings is 1. The first-order chi connectivity index (χ1) is 15.0. The highest BCUT2D eigenvalue weighted by Gasteiger charge is 2.27. The second kappa shape index (κ2) is 7.94. The van der Waals surface area contributed by atoms with Gasteiger partial charge in [-0.1, -0.05) is 12.1 Å². The van der Waals surface area contributed by atoms with Crippen molar-refractivity contribution < 1.29 is 0 Å². The molecule has 7 nitrogen and oxygen atoms in total. The SMILES string of the molecule is Cc1csc(Nc2cccc([C@H]3CCCN3Cc3ccc4c(c3)n(C)c(=O)n4C)n2)n1. The van der Waals surface area contributed by atoms with Crippen molar-refractivity contribution in [3.8, 4) is 0 Å². The number of likely N-dealkylation sites (tertiary alicyclic amines) is 1. The number of benzene rings is 1. The number of anilines is 2. The highest BCUT2D eigenvalue weighted by Crippen LogP contribution is 2.33. The monoisotopic (exact) mass is 434 g/mol. The van der Waals surface area contributed by atoms with Crippen LogP contribution in [-0.4, -0.2) is 30.5 Å². The number of nitrogens with one attached hydrogen (secondary N) is 1. The smallest absolute Gasteiger partial charge is 0.316 e. The molecule has 0 saturated carbocycles. The maximum absolute atomic E-state index is 12.2. The van der Waals surface area contributed by atoms with Crippen LogP contribution in [0.3, 0.4) is 0 Å². The minimum Gasteiger partial charge on any atom is -0.316 e. The number of aromatic nitrogens is 4. The van der Waals surface area contributed by atoms with Gasteiger partial charge in [-0.05, 0) is 56.1 Å². The van der Waals surface area contributed by atoms with Crippen molar-refractivity contribution in [3.05, 3.63) is 69.2 Å². The van der Waals surface area contributed by atoms with E-state index in [-0.39, 0.29) is 11.7 Å². The summed E-state index contributed by atoms with van der Waals surface area (Å²) < 4.78 is 3.42. The Bertz CT molecular complexity index is 1300. The van der Waals surface area contributed by atoms with Crippen molar-refractivity contribution in [1.82, 2.24) is 24.0 Å². The molecule has 1 fully saturated rings. The van der Waals surface area contributed by atoms with Gasteiger partial charge in [0.1, 0.15) is 5.82 Å². The van der Waals surface area contributed by atoms with Gasteiger partial charge in [0.05, 0.1) is 28.5 Å². The molecule has 1 aliphatic rings. The van der Waals surface area contributed by atoms with Crippen LogP contribution in [0.1, 0.15) is 35.8 Å². The second-order valence-corrected chi connectivity index (χ2v) is 9.08. The summed E-state index contributed by atoms with van der Waals surface area (Å²) in [6.07, 6.45) is 2.25. The molecule has 4 heterocycles. The van der Waals surface area contributed by atoms with E-state index in [1.165, 1.54) is 5.56 Å². The molecule has 31 heavy (non-hydrogen) atoms. The molecule has 1 saturated heterocycles. The maximum atomic E-state index is 12.2. The zero-order valence-corrected chi connectivity index (χ0v) is 18.8. The van der Waals surface area contributed by atoms with Gasteiger partial charge in [-0.15, -0.1) is 11.3 Å². The predicted octanol–water partition coefficient (Wildman–Crippen LogP) is 4.12. The van der Waals surface area contributed by atoms with E-state index < -0.39 is 0 Å². The molecule has 3 aromatic heterocycles. The Hall–Kier alpha value is -2.97. The van der Waals surface area contributed by atoms with E-state index in [2.05, 4.69) is 45.5 Å². The molecule has 5 rings (SSSR count). The van der Waals surface area contributed by atoms with Gasteiger partial charge < -0.3 is 5.32 Å². The van der Waals surface area contributed by atoms with Gasteiger partial charge in [0, 0.05) is 26.0 Å². The number of thiazole rings is 1. The summed E-state index contributed by atoms with van der Waals surface area (Å²) in [5.41, 5.74) is 5.27. The standard InChI is InChI=1S/C23H26N6OS/c1-15-14-31-22(24-15)26-21-8-4-6-17(25-21)18-7-5-11-29(18)13-16-9-10-19-20(12-16)28(3)23(30)27(19)2/h4,6,8-10,12,14,18H,5,7,11,13H2,1-3H3,(H,24,25,26)/t18-/m1/s1. The fourth-order valence-corrected chi connectivity index (χ4v) is 5.16. The fourth-order valence-electron chi connectivity index (χ4n) is 4.46. The highest BCUT2D eigenvalue weighted by molar-refractivity contribution is 7.13. The molecular weight excluding hydrogens is 408 g/mol. The third-order valence-electron chi connectivity index (χ3n) is 6.05. The van der Waals surface area contributed by atoms with E-state index in [0.29, 0.717) is 0 Å². The minimum absolute atomic E-state index is 0.00939. The molecule has 0 bridgehead atoms. The van der Waals surface area contributed by atoms with Crippen molar-refractivity contribution in [2.24, 2.45) is 14.1 Å². The van der Waals surface area contributed by atoms with Crippen LogP contribution >= 0.6 is 11.3 Å². The van der Waals surface area contributed by atoms with Crippen LogP contribution in [0.15, 0.2) is 46.6 Å². The van der Waals surface area contributed by atoms with Crippen molar-refractivity contribution in [1.29, 1.82) is 0 Å². The predicted molar refractivity (Wildman–Crippen MR) is 125 cm³/mol. The van der Waals surface area contributed by atoms with Crippen LogP contribution in [0.25, 0.3) is 11.0 Å². The largest absolute Gasteiger partial charge is 0.328 e. The summed E-state index contributed by atoms with van der Waals surface area (Å²) in [4.78, 5) is 24.1. The Balaban J connectivity index is 1.38. The van der Waals surface area contributed by atoms with E-state index in [1.807, 2.05) is 32.5 Å². The van der Waals surface area contributed by atoms with E-state index in [4.69, 9.17) is 4.98 Å². The molecule has 1 aliphatic heterocycles. The second-order valence-electron chi connectivity index (χ2n) is 8.22. The summed E-state index contributed by atoms with van der Waals surface area (Å²) in [6, 6.07) is 12.8. The van der Waals surface area contributed by atoms with Gasteiger partial charge >= 0.3 is 5.69 Å². The van der Waals surface area contributed by atoms with Gasteiger partial charge in [0.2, 0.25) is 0 Å². The lowest BCUT2D eigenvalue weighted by molar-refractivity contribution is 0.244. The normalized spacial score (nSPS) is 16.9. The molecule has 1 aromatic carbocycles. The van der Waals surface area contributed by atoms with Crippen LogP contribution in [0.4, 0.5) is 10.9 Å². The Labute approximate surface area is 185 Å². The molecule has 4 aromatic rings. The first kappa shape index (κ1) is 20.0. The summed E-state index contributed by atoms with van der Waals surface area (Å²) in [6.45, 7) is 3.88. The molecule has 0 spiro atoms. The Morgan fingerprint density at radius 3 is 2.77 bits per heavy atom. The first-order valence-electron chi connectivity index (χ1n) is 10.5. The number of hydrogen-bond donors (Lipinski definition) is 1. The van der Waals surface area contributed by atoms with Crippen LogP contribution in [-0.2, 0) is 20.6 Å². The summed E-state index contributed by atoms with van der Waals surface area (Å²) >= 11 is 1.59. The van der Waals surface area contributed by atoms with Crippen molar-refractivity contribution >= 4 is 33.3 Å². The number of nitrogens with zero attached hydrogens (tertiary/aromatic N) is 5. The van der Waals surface area contributed by atoms with Crippen LogP contribution in [0, 0.1) is 6.92 Å². The van der Waals surface area contributed by atoms with E-state index in [0.717, 1.165) is 59.3 Å². The number of aryl methyl sites for hydroxylation is 3. The lowest BCUT2D eigenvalue weighted by atomic mass is 10.1. The van der Waals surface area contributed by atoms with Crippen LogP contribution in [0.2, 0.25) is 0 Å².